The number of H-pyrrole nitrogens is 2. The first kappa shape index (κ1) is 14.1. The van der Waals surface area contributed by atoms with E-state index < -0.39 is 5.69 Å². The molecule has 0 radical (unpaired) electrons. The minimum Gasteiger partial charge on any atom is -0.395 e. The predicted molar refractivity (Wildman–Crippen MR) is 75.5 cm³/mol. The number of aromatic amines is 2. The van der Waals surface area contributed by atoms with Gasteiger partial charge < -0.3 is 20.4 Å². The Morgan fingerprint density at radius 1 is 1.50 bits per heavy atom. The van der Waals surface area contributed by atoms with Crippen LogP contribution in [-0.2, 0) is 6.54 Å². The molecule has 0 aromatic carbocycles. The van der Waals surface area contributed by atoms with Crippen LogP contribution < -0.4 is 11.0 Å². The van der Waals surface area contributed by atoms with Crippen LogP contribution in [0.1, 0.15) is 27.3 Å². The topological polar surface area (TPSA) is 98.0 Å². The third kappa shape index (κ3) is 3.85. The summed E-state index contributed by atoms with van der Waals surface area (Å²) in [6.07, 6.45) is 1.78. The number of thiophene rings is 1. The second kappa shape index (κ2) is 6.75. The third-order valence-electron chi connectivity index (χ3n) is 2.39. The van der Waals surface area contributed by atoms with Crippen LogP contribution in [0, 0.1) is 11.8 Å². The van der Waals surface area contributed by atoms with Crippen molar-refractivity contribution >= 4 is 17.2 Å². The highest BCUT2D eigenvalue weighted by Gasteiger charge is 2.07. The molecule has 2 aromatic heterocycles. The van der Waals surface area contributed by atoms with E-state index in [1.165, 1.54) is 17.5 Å². The second-order valence-electron chi connectivity index (χ2n) is 3.92. The lowest BCUT2D eigenvalue weighted by Gasteiger charge is -2.00. The van der Waals surface area contributed by atoms with Crippen LogP contribution in [0.3, 0.4) is 0 Å². The van der Waals surface area contributed by atoms with Crippen molar-refractivity contribution in [2.45, 2.75) is 13.0 Å². The van der Waals surface area contributed by atoms with Crippen LogP contribution >= 0.6 is 11.3 Å². The number of nitrogens with one attached hydrogen (secondary N) is 3. The average Bonchev–Trinajstić information content (AvgIpc) is 3.05. The van der Waals surface area contributed by atoms with Gasteiger partial charge in [0, 0.05) is 28.4 Å². The number of hydrogen-bond donors (Lipinski definition) is 4. The Kier molecular flexibility index (Phi) is 4.76. The molecule has 0 fully saturated rings. The SMILES string of the molecule is O=C(NCc1cc(C#CCCO)cs1)c1c[nH]c(=O)[nH]1. The zero-order valence-electron chi connectivity index (χ0n) is 10.5. The van der Waals surface area contributed by atoms with Crippen LogP contribution in [0.5, 0.6) is 0 Å². The number of aromatic nitrogens is 2. The van der Waals surface area contributed by atoms with Crippen LogP contribution in [0.4, 0.5) is 0 Å². The number of aliphatic hydroxyl groups is 1. The van der Waals surface area contributed by atoms with Gasteiger partial charge in [-0.05, 0) is 6.07 Å². The van der Waals surface area contributed by atoms with E-state index in [0.29, 0.717) is 13.0 Å². The summed E-state index contributed by atoms with van der Waals surface area (Å²) in [4.78, 5) is 28.3. The van der Waals surface area contributed by atoms with Crippen molar-refractivity contribution in [2.24, 2.45) is 0 Å². The Labute approximate surface area is 118 Å². The molecule has 4 N–H and O–H groups in total. The first-order valence-electron chi connectivity index (χ1n) is 5.92. The molecule has 0 saturated heterocycles. The van der Waals surface area contributed by atoms with Crippen LogP contribution in [-0.4, -0.2) is 27.6 Å². The number of carbonyl (C=O) groups excluding carboxylic acids is 1. The van der Waals surface area contributed by atoms with Gasteiger partial charge >= 0.3 is 5.69 Å². The molecule has 0 spiro atoms. The van der Waals surface area contributed by atoms with E-state index in [2.05, 4.69) is 27.1 Å². The van der Waals surface area contributed by atoms with Crippen LogP contribution in [0.2, 0.25) is 0 Å². The maximum atomic E-state index is 11.7. The average molecular weight is 291 g/mol. The Morgan fingerprint density at radius 2 is 2.35 bits per heavy atom. The fraction of sp³-hybridized carbons (Fsp3) is 0.231. The summed E-state index contributed by atoms with van der Waals surface area (Å²) >= 11 is 1.49. The minimum absolute atomic E-state index is 0.0505. The number of imidazole rings is 1. The Balaban J connectivity index is 1.90. The van der Waals surface area contributed by atoms with Gasteiger partial charge in [-0.15, -0.1) is 11.3 Å². The lowest BCUT2D eigenvalue weighted by Crippen LogP contribution is -2.23. The summed E-state index contributed by atoms with van der Waals surface area (Å²) in [5.74, 6) is 5.41. The van der Waals surface area contributed by atoms with E-state index in [-0.39, 0.29) is 18.2 Å². The molecule has 0 unspecified atom stereocenters. The van der Waals surface area contributed by atoms with Gasteiger partial charge in [0.1, 0.15) is 5.69 Å². The Bertz CT molecular complexity index is 702. The van der Waals surface area contributed by atoms with E-state index in [9.17, 15) is 9.59 Å². The molecule has 0 bridgehead atoms. The van der Waals surface area contributed by atoms with Gasteiger partial charge in [0.15, 0.2) is 0 Å². The fourth-order valence-electron chi connectivity index (χ4n) is 1.48. The van der Waals surface area contributed by atoms with Crippen molar-refractivity contribution in [3.8, 4) is 11.8 Å². The molecule has 6 nitrogen and oxygen atoms in total. The molecule has 0 aliphatic carbocycles. The highest BCUT2D eigenvalue weighted by molar-refractivity contribution is 7.10. The lowest BCUT2D eigenvalue weighted by molar-refractivity contribution is 0.0946. The number of rotatable bonds is 4. The van der Waals surface area contributed by atoms with E-state index in [0.717, 1.165) is 10.4 Å². The quantitative estimate of drug-likeness (QED) is 0.615. The van der Waals surface area contributed by atoms with Crippen molar-refractivity contribution in [1.29, 1.82) is 0 Å². The zero-order valence-corrected chi connectivity index (χ0v) is 11.3. The number of hydrogen-bond acceptors (Lipinski definition) is 4. The highest BCUT2D eigenvalue weighted by atomic mass is 32.1. The summed E-state index contributed by atoms with van der Waals surface area (Å²) in [5, 5.41) is 13.2. The van der Waals surface area contributed by atoms with Crippen molar-refractivity contribution < 1.29 is 9.90 Å². The molecule has 7 heteroatoms. The van der Waals surface area contributed by atoms with Crippen molar-refractivity contribution in [3.05, 3.63) is 44.3 Å². The molecule has 2 rings (SSSR count). The van der Waals surface area contributed by atoms with Gasteiger partial charge in [-0.25, -0.2) is 4.79 Å². The first-order chi connectivity index (χ1) is 9.69. The first-order valence-corrected chi connectivity index (χ1v) is 6.80. The largest absolute Gasteiger partial charge is 0.395 e. The molecule has 104 valence electrons. The third-order valence-corrected chi connectivity index (χ3v) is 3.32. The highest BCUT2D eigenvalue weighted by Crippen LogP contribution is 2.13. The summed E-state index contributed by atoms with van der Waals surface area (Å²) in [5.41, 5.74) is 0.657. The maximum Gasteiger partial charge on any atom is 0.323 e. The van der Waals surface area contributed by atoms with Gasteiger partial charge in [-0.1, -0.05) is 11.8 Å². The summed E-state index contributed by atoms with van der Waals surface area (Å²) in [6, 6.07) is 1.88. The molecule has 1 amide bonds. The second-order valence-corrected chi connectivity index (χ2v) is 4.91. The molecule has 0 atom stereocenters. The Morgan fingerprint density at radius 3 is 3.05 bits per heavy atom. The van der Waals surface area contributed by atoms with Gasteiger partial charge in [0.05, 0.1) is 13.2 Å². The molecule has 2 heterocycles. The molecule has 20 heavy (non-hydrogen) atoms. The molecule has 0 saturated carbocycles. The van der Waals surface area contributed by atoms with Crippen molar-refractivity contribution in [2.75, 3.05) is 6.61 Å². The molecule has 0 aliphatic rings. The van der Waals surface area contributed by atoms with Gasteiger partial charge in [-0.2, -0.15) is 0 Å². The maximum absolute atomic E-state index is 11.7. The van der Waals surface area contributed by atoms with Crippen molar-refractivity contribution in [3.63, 3.8) is 0 Å². The van der Waals surface area contributed by atoms with Gasteiger partial charge in [-0.3, -0.25) is 4.79 Å². The monoisotopic (exact) mass is 291 g/mol. The predicted octanol–water partition coefficient (Wildman–Crippen LogP) is 0.428. The normalized spacial score (nSPS) is 9.85. The minimum atomic E-state index is -0.410. The van der Waals surface area contributed by atoms with E-state index in [1.54, 1.807) is 0 Å². The van der Waals surface area contributed by atoms with Gasteiger partial charge in [0.25, 0.3) is 5.91 Å². The fourth-order valence-corrected chi connectivity index (χ4v) is 2.23. The molecule has 0 aliphatic heterocycles. The van der Waals surface area contributed by atoms with Gasteiger partial charge in [0.2, 0.25) is 0 Å². The molecule has 2 aromatic rings. The molecular weight excluding hydrogens is 278 g/mol. The van der Waals surface area contributed by atoms with Crippen LogP contribution in [0.25, 0.3) is 0 Å². The summed E-state index contributed by atoms with van der Waals surface area (Å²) in [6.45, 7) is 0.424. The lowest BCUT2D eigenvalue weighted by atomic mass is 10.3. The van der Waals surface area contributed by atoms with E-state index >= 15 is 0 Å². The smallest absolute Gasteiger partial charge is 0.323 e. The number of amides is 1. The zero-order chi connectivity index (χ0) is 14.4. The van der Waals surface area contributed by atoms with Crippen LogP contribution in [0.15, 0.2) is 22.4 Å². The summed E-state index contributed by atoms with van der Waals surface area (Å²) in [7, 11) is 0. The van der Waals surface area contributed by atoms with E-state index in [1.807, 2.05) is 11.4 Å². The summed E-state index contributed by atoms with van der Waals surface area (Å²) < 4.78 is 0. The number of aliphatic hydroxyl groups excluding tert-OH is 1. The molecular formula is C13H13N3O3S. The van der Waals surface area contributed by atoms with Crippen molar-refractivity contribution in [1.82, 2.24) is 15.3 Å². The van der Waals surface area contributed by atoms with E-state index in [4.69, 9.17) is 5.11 Å². The number of carbonyl (C=O) groups is 1. The standard InChI is InChI=1S/C13H13N3O3S/c17-4-2-1-3-9-5-10(20-8-9)6-14-12(18)11-7-15-13(19)16-11/h5,7-8,17H,2,4,6H2,(H,14,18)(H2,15,16,19). The Hall–Kier alpha value is -2.30.